The first-order chi connectivity index (χ1) is 8.89. The smallest absolute Gasteiger partial charge is 0.329 e. The van der Waals surface area contributed by atoms with Gasteiger partial charge in [0.05, 0.1) is 0 Å². The highest BCUT2D eigenvalue weighted by Crippen LogP contribution is 2.37. The highest BCUT2D eigenvalue weighted by atomic mass is 35.5. The molecule has 0 amide bonds. The van der Waals surface area contributed by atoms with E-state index in [-0.39, 0.29) is 11.1 Å². The maximum Gasteiger partial charge on any atom is 0.421 e. The molecule has 1 aromatic carbocycles. The summed E-state index contributed by atoms with van der Waals surface area (Å²) < 4.78 is 38.7. The fourth-order valence-corrected chi connectivity index (χ4v) is 1.71. The van der Waals surface area contributed by atoms with E-state index < -0.39 is 11.7 Å². The fourth-order valence-electron chi connectivity index (χ4n) is 1.58. The highest BCUT2D eigenvalue weighted by molar-refractivity contribution is 6.28. The summed E-state index contributed by atoms with van der Waals surface area (Å²) in [5.74, 6) is -0.279. The monoisotopic (exact) mass is 287 g/mol. The van der Waals surface area contributed by atoms with Crippen LogP contribution < -0.4 is 4.90 Å². The molecule has 0 fully saturated rings. The predicted molar refractivity (Wildman–Crippen MR) is 66.5 cm³/mol. The van der Waals surface area contributed by atoms with Crippen LogP contribution in [0.25, 0.3) is 0 Å². The molecule has 0 unspecified atom stereocenters. The van der Waals surface area contributed by atoms with Gasteiger partial charge in [0.2, 0.25) is 5.28 Å². The molecule has 19 heavy (non-hydrogen) atoms. The lowest BCUT2D eigenvalue weighted by molar-refractivity contribution is -0.137. The van der Waals surface area contributed by atoms with E-state index in [1.54, 1.807) is 30.3 Å². The van der Waals surface area contributed by atoms with Crippen molar-refractivity contribution in [3.63, 3.8) is 0 Å². The van der Waals surface area contributed by atoms with Crippen molar-refractivity contribution < 1.29 is 13.2 Å². The molecule has 0 aliphatic carbocycles. The van der Waals surface area contributed by atoms with Crippen molar-refractivity contribution in [2.45, 2.75) is 6.18 Å². The van der Waals surface area contributed by atoms with Crippen molar-refractivity contribution in [1.29, 1.82) is 0 Å². The highest BCUT2D eigenvalue weighted by Gasteiger charge is 2.36. The van der Waals surface area contributed by atoms with E-state index in [1.165, 1.54) is 11.9 Å². The lowest BCUT2D eigenvalue weighted by Crippen LogP contribution is -2.18. The second-order valence-corrected chi connectivity index (χ2v) is 4.11. The van der Waals surface area contributed by atoms with Crippen LogP contribution in [0, 0.1) is 0 Å². The minimum atomic E-state index is -4.54. The summed E-state index contributed by atoms with van der Waals surface area (Å²) in [4.78, 5) is 8.38. The van der Waals surface area contributed by atoms with Crippen molar-refractivity contribution in [1.82, 2.24) is 9.97 Å². The zero-order chi connectivity index (χ0) is 14.0. The van der Waals surface area contributed by atoms with Crippen LogP contribution in [0.3, 0.4) is 0 Å². The Kier molecular flexibility index (Phi) is 3.61. The molecule has 0 N–H and O–H groups in total. The van der Waals surface area contributed by atoms with Gasteiger partial charge in [0.25, 0.3) is 0 Å². The van der Waals surface area contributed by atoms with Crippen molar-refractivity contribution in [3.05, 3.63) is 47.4 Å². The first kappa shape index (κ1) is 13.6. The van der Waals surface area contributed by atoms with Gasteiger partial charge in [-0.1, -0.05) is 18.2 Å². The van der Waals surface area contributed by atoms with Gasteiger partial charge in [-0.25, -0.2) is 4.98 Å². The molecule has 0 saturated heterocycles. The minimum Gasteiger partial charge on any atom is -0.329 e. The Hall–Kier alpha value is -1.82. The Bertz CT molecular complexity index is 572. The molecule has 100 valence electrons. The van der Waals surface area contributed by atoms with Gasteiger partial charge in [-0.15, -0.1) is 0 Å². The van der Waals surface area contributed by atoms with E-state index in [9.17, 15) is 13.2 Å². The van der Waals surface area contributed by atoms with E-state index >= 15 is 0 Å². The van der Waals surface area contributed by atoms with Crippen molar-refractivity contribution in [2.24, 2.45) is 0 Å². The zero-order valence-electron chi connectivity index (χ0n) is 9.82. The molecule has 0 bridgehead atoms. The molecular weight excluding hydrogens is 279 g/mol. The van der Waals surface area contributed by atoms with Crippen molar-refractivity contribution >= 4 is 23.1 Å². The topological polar surface area (TPSA) is 29.0 Å². The van der Waals surface area contributed by atoms with E-state index in [0.29, 0.717) is 11.9 Å². The number of benzene rings is 1. The second kappa shape index (κ2) is 5.05. The molecule has 0 aliphatic heterocycles. The lowest BCUT2D eigenvalue weighted by atomic mass is 10.2. The minimum absolute atomic E-state index is 0.231. The van der Waals surface area contributed by atoms with Crippen molar-refractivity contribution in [2.75, 3.05) is 11.9 Å². The number of anilines is 2. The number of aromatic nitrogens is 2. The summed E-state index contributed by atoms with van der Waals surface area (Å²) in [5, 5.41) is -0.231. The molecule has 1 aromatic heterocycles. The van der Waals surface area contributed by atoms with E-state index in [2.05, 4.69) is 9.97 Å². The molecule has 7 heteroatoms. The zero-order valence-corrected chi connectivity index (χ0v) is 10.6. The SMILES string of the molecule is CN(c1ccccc1)c1nc(Cl)ncc1C(F)(F)F. The third-order valence-electron chi connectivity index (χ3n) is 2.51. The van der Waals surface area contributed by atoms with Crippen LogP contribution in [-0.2, 0) is 6.18 Å². The predicted octanol–water partition coefficient (Wildman–Crippen LogP) is 3.92. The first-order valence-electron chi connectivity index (χ1n) is 5.28. The molecule has 0 radical (unpaired) electrons. The fraction of sp³-hybridized carbons (Fsp3) is 0.167. The average molecular weight is 288 g/mol. The van der Waals surface area contributed by atoms with Gasteiger partial charge in [0.1, 0.15) is 11.4 Å². The van der Waals surface area contributed by atoms with E-state index in [4.69, 9.17) is 11.6 Å². The molecule has 2 aromatic rings. The molecular formula is C12H9ClF3N3. The van der Waals surface area contributed by atoms with Crippen LogP contribution in [0.4, 0.5) is 24.7 Å². The van der Waals surface area contributed by atoms with Gasteiger partial charge in [0, 0.05) is 18.9 Å². The Morgan fingerprint density at radius 1 is 1.16 bits per heavy atom. The van der Waals surface area contributed by atoms with Crippen LogP contribution in [0.1, 0.15) is 5.56 Å². The third kappa shape index (κ3) is 2.96. The van der Waals surface area contributed by atoms with E-state index in [1.807, 2.05) is 0 Å². The standard InChI is InChI=1S/C12H9ClF3N3/c1-19(8-5-3-2-4-6-8)10-9(12(14,15)16)7-17-11(13)18-10/h2-7H,1H3. The molecule has 1 heterocycles. The number of halogens is 4. The van der Waals surface area contributed by atoms with Gasteiger partial charge < -0.3 is 4.90 Å². The maximum atomic E-state index is 12.9. The third-order valence-corrected chi connectivity index (χ3v) is 2.69. The van der Waals surface area contributed by atoms with Crippen LogP contribution in [0.15, 0.2) is 36.5 Å². The molecule has 0 spiro atoms. The Labute approximate surface area is 112 Å². The summed E-state index contributed by atoms with van der Waals surface area (Å²) in [6.45, 7) is 0. The summed E-state index contributed by atoms with van der Waals surface area (Å²) in [6, 6.07) is 8.57. The second-order valence-electron chi connectivity index (χ2n) is 3.77. The van der Waals surface area contributed by atoms with Gasteiger partial charge >= 0.3 is 6.18 Å². The number of nitrogens with zero attached hydrogens (tertiary/aromatic N) is 3. The summed E-state index contributed by atoms with van der Waals surface area (Å²) in [7, 11) is 1.49. The lowest BCUT2D eigenvalue weighted by Gasteiger charge is -2.22. The molecule has 0 aliphatic rings. The number of para-hydroxylation sites is 1. The summed E-state index contributed by atoms with van der Waals surface area (Å²) in [6.07, 6.45) is -3.85. The molecule has 2 rings (SSSR count). The van der Waals surface area contributed by atoms with Gasteiger partial charge in [-0.2, -0.15) is 18.2 Å². The van der Waals surface area contributed by atoms with Crippen LogP contribution in [0.2, 0.25) is 5.28 Å². The van der Waals surface area contributed by atoms with Gasteiger partial charge in [0.15, 0.2) is 0 Å². The maximum absolute atomic E-state index is 12.9. The van der Waals surface area contributed by atoms with Crippen LogP contribution >= 0.6 is 11.6 Å². The van der Waals surface area contributed by atoms with Crippen LogP contribution in [0.5, 0.6) is 0 Å². The van der Waals surface area contributed by atoms with Gasteiger partial charge in [-0.05, 0) is 23.7 Å². The number of hydrogen-bond donors (Lipinski definition) is 0. The van der Waals surface area contributed by atoms with E-state index in [0.717, 1.165) is 0 Å². The largest absolute Gasteiger partial charge is 0.421 e. The van der Waals surface area contributed by atoms with Crippen LogP contribution in [-0.4, -0.2) is 17.0 Å². The Morgan fingerprint density at radius 2 is 1.79 bits per heavy atom. The van der Waals surface area contributed by atoms with Gasteiger partial charge in [-0.3, -0.25) is 0 Å². The van der Waals surface area contributed by atoms with Crippen molar-refractivity contribution in [3.8, 4) is 0 Å². The average Bonchev–Trinajstić information content (AvgIpc) is 2.37. The Balaban J connectivity index is 2.52. The normalized spacial score (nSPS) is 11.4. The summed E-state index contributed by atoms with van der Waals surface area (Å²) >= 11 is 5.58. The summed E-state index contributed by atoms with van der Waals surface area (Å²) in [5.41, 5.74) is -0.356. The molecule has 3 nitrogen and oxygen atoms in total. The quantitative estimate of drug-likeness (QED) is 0.784. The number of rotatable bonds is 2. The first-order valence-corrected chi connectivity index (χ1v) is 5.66. The molecule has 0 saturated carbocycles. The number of hydrogen-bond acceptors (Lipinski definition) is 3. The Morgan fingerprint density at radius 3 is 2.37 bits per heavy atom. The number of alkyl halides is 3. The molecule has 0 atom stereocenters.